The predicted octanol–water partition coefficient (Wildman–Crippen LogP) is 2.74. The lowest BCUT2D eigenvalue weighted by Crippen LogP contribution is -2.33. The van der Waals surface area contributed by atoms with E-state index in [4.69, 9.17) is 9.26 Å². The van der Waals surface area contributed by atoms with E-state index in [-0.39, 0.29) is 12.5 Å². The summed E-state index contributed by atoms with van der Waals surface area (Å²) in [5.41, 5.74) is 0.656. The fourth-order valence-electron chi connectivity index (χ4n) is 2.41. The fourth-order valence-corrected chi connectivity index (χ4v) is 2.41. The topological polar surface area (TPSA) is 80.5 Å². The number of methoxy groups -OCH3 is 1. The number of carbonyl (C=O) groups is 1. The average molecular weight is 346 g/mol. The van der Waals surface area contributed by atoms with Crippen LogP contribution in [0, 0.1) is 5.92 Å². The molecule has 0 aliphatic carbocycles. The predicted molar refractivity (Wildman–Crippen MR) is 95.4 cm³/mol. The fraction of sp³-hybridized carbons (Fsp3) is 0.500. The van der Waals surface area contributed by atoms with Crippen LogP contribution in [0.3, 0.4) is 0 Å². The van der Waals surface area contributed by atoms with Crippen LogP contribution < -0.4 is 10.1 Å². The first-order chi connectivity index (χ1) is 12.0. The monoisotopic (exact) mass is 346 g/mol. The van der Waals surface area contributed by atoms with Gasteiger partial charge < -0.3 is 14.6 Å². The number of anilines is 1. The van der Waals surface area contributed by atoms with Crippen molar-refractivity contribution in [1.82, 2.24) is 15.0 Å². The molecule has 1 N–H and O–H groups in total. The highest BCUT2D eigenvalue weighted by molar-refractivity contribution is 5.93. The Kier molecular flexibility index (Phi) is 6.94. The zero-order chi connectivity index (χ0) is 18.2. The molecule has 0 saturated heterocycles. The number of hydrogen-bond acceptors (Lipinski definition) is 6. The summed E-state index contributed by atoms with van der Waals surface area (Å²) in [5, 5.41) is 6.85. The molecule has 7 nitrogen and oxygen atoms in total. The summed E-state index contributed by atoms with van der Waals surface area (Å²) in [4.78, 5) is 18.6. The zero-order valence-corrected chi connectivity index (χ0v) is 15.3. The summed E-state index contributed by atoms with van der Waals surface area (Å²) >= 11 is 0. The highest BCUT2D eigenvalue weighted by Gasteiger charge is 2.15. The van der Waals surface area contributed by atoms with Crippen LogP contribution in [0.2, 0.25) is 0 Å². The van der Waals surface area contributed by atoms with E-state index in [0.717, 1.165) is 6.42 Å². The van der Waals surface area contributed by atoms with Crippen molar-refractivity contribution in [2.45, 2.75) is 33.7 Å². The van der Waals surface area contributed by atoms with E-state index in [2.05, 4.69) is 29.3 Å². The van der Waals surface area contributed by atoms with Crippen LogP contribution in [0.15, 0.2) is 28.8 Å². The number of amides is 1. The van der Waals surface area contributed by atoms with Crippen LogP contribution in [0.1, 0.15) is 32.5 Å². The molecule has 0 spiro atoms. The number of ether oxygens (including phenoxy) is 1. The summed E-state index contributed by atoms with van der Waals surface area (Å²) in [6.45, 7) is 7.58. The standard InChI is InChI=1S/C18H26N4O3/c1-5-22(12-18-20-16(21-25-18)10-13(2)3)11-17(23)19-14-8-6-7-9-15(14)24-4/h6-9,13H,5,10-12H2,1-4H3,(H,19,23). The van der Waals surface area contributed by atoms with E-state index in [1.54, 1.807) is 7.11 Å². The van der Waals surface area contributed by atoms with Gasteiger partial charge >= 0.3 is 0 Å². The molecule has 0 aliphatic rings. The smallest absolute Gasteiger partial charge is 0.240 e. The first-order valence-electron chi connectivity index (χ1n) is 8.48. The number of rotatable bonds is 9. The van der Waals surface area contributed by atoms with E-state index < -0.39 is 0 Å². The van der Waals surface area contributed by atoms with Gasteiger partial charge in [0, 0.05) is 6.42 Å². The highest BCUT2D eigenvalue weighted by Crippen LogP contribution is 2.22. The molecule has 0 bridgehead atoms. The van der Waals surface area contributed by atoms with Gasteiger partial charge in [0.2, 0.25) is 11.8 Å². The van der Waals surface area contributed by atoms with Crippen molar-refractivity contribution >= 4 is 11.6 Å². The molecule has 0 atom stereocenters. The maximum atomic E-state index is 12.3. The third kappa shape index (κ3) is 5.86. The Morgan fingerprint density at radius 2 is 2.12 bits per heavy atom. The first kappa shape index (κ1) is 18.9. The van der Waals surface area contributed by atoms with Gasteiger partial charge in [-0.2, -0.15) is 4.98 Å². The minimum atomic E-state index is -0.117. The molecule has 25 heavy (non-hydrogen) atoms. The lowest BCUT2D eigenvalue weighted by atomic mass is 10.1. The number of nitrogens with one attached hydrogen (secondary N) is 1. The van der Waals surface area contributed by atoms with Crippen molar-refractivity contribution < 1.29 is 14.1 Å². The third-order valence-electron chi connectivity index (χ3n) is 3.66. The second kappa shape index (κ2) is 9.17. The summed E-state index contributed by atoms with van der Waals surface area (Å²) in [5.74, 6) is 2.23. The lowest BCUT2D eigenvalue weighted by molar-refractivity contribution is -0.117. The minimum Gasteiger partial charge on any atom is -0.495 e. The zero-order valence-electron chi connectivity index (χ0n) is 15.3. The normalized spacial score (nSPS) is 11.1. The molecule has 0 saturated carbocycles. The minimum absolute atomic E-state index is 0.117. The number of aromatic nitrogens is 2. The second-order valence-corrected chi connectivity index (χ2v) is 6.25. The molecule has 1 aromatic carbocycles. The molecule has 2 aromatic rings. The highest BCUT2D eigenvalue weighted by atomic mass is 16.5. The van der Waals surface area contributed by atoms with Gasteiger partial charge in [-0.15, -0.1) is 0 Å². The third-order valence-corrected chi connectivity index (χ3v) is 3.66. The van der Waals surface area contributed by atoms with Crippen LogP contribution in [-0.2, 0) is 17.8 Å². The van der Waals surface area contributed by atoms with Crippen LogP contribution in [0.4, 0.5) is 5.69 Å². The van der Waals surface area contributed by atoms with E-state index in [9.17, 15) is 4.79 Å². The Hall–Kier alpha value is -2.41. The Morgan fingerprint density at radius 1 is 1.36 bits per heavy atom. The number of benzene rings is 1. The summed E-state index contributed by atoms with van der Waals surface area (Å²) in [7, 11) is 1.58. The lowest BCUT2D eigenvalue weighted by Gasteiger charge is -2.18. The van der Waals surface area contributed by atoms with Crippen LogP contribution >= 0.6 is 0 Å². The quantitative estimate of drug-likeness (QED) is 0.752. The number of likely N-dealkylation sites (N-methyl/N-ethyl adjacent to an activating group) is 1. The van der Waals surface area contributed by atoms with Crippen LogP contribution in [0.25, 0.3) is 0 Å². The van der Waals surface area contributed by atoms with Crippen LogP contribution in [-0.4, -0.2) is 41.1 Å². The van der Waals surface area contributed by atoms with Crippen molar-refractivity contribution in [3.63, 3.8) is 0 Å². The Bertz CT molecular complexity index is 684. The Labute approximate surface area is 148 Å². The summed E-state index contributed by atoms with van der Waals surface area (Å²) in [6.07, 6.45) is 0.782. The van der Waals surface area contributed by atoms with Gasteiger partial charge in [0.05, 0.1) is 25.9 Å². The van der Waals surface area contributed by atoms with Gasteiger partial charge in [-0.05, 0) is 24.6 Å². The van der Waals surface area contributed by atoms with E-state index in [0.29, 0.717) is 42.2 Å². The first-order valence-corrected chi connectivity index (χ1v) is 8.48. The molecule has 1 aromatic heterocycles. The van der Waals surface area contributed by atoms with Gasteiger partial charge in [-0.25, -0.2) is 0 Å². The van der Waals surface area contributed by atoms with Crippen LogP contribution in [0.5, 0.6) is 5.75 Å². The van der Waals surface area contributed by atoms with Crippen molar-refractivity contribution in [2.75, 3.05) is 25.5 Å². The summed E-state index contributed by atoms with van der Waals surface area (Å²) < 4.78 is 10.5. The molecule has 136 valence electrons. The molecule has 0 fully saturated rings. The van der Waals surface area contributed by atoms with Gasteiger partial charge in [0.15, 0.2) is 5.82 Å². The van der Waals surface area contributed by atoms with Crippen molar-refractivity contribution in [1.29, 1.82) is 0 Å². The molecule has 0 aliphatic heterocycles. The summed E-state index contributed by atoms with van der Waals surface area (Å²) in [6, 6.07) is 7.33. The average Bonchev–Trinajstić information content (AvgIpc) is 3.00. The SMILES string of the molecule is CCN(CC(=O)Nc1ccccc1OC)Cc1nc(CC(C)C)no1. The van der Waals surface area contributed by atoms with Crippen molar-refractivity contribution in [2.24, 2.45) is 5.92 Å². The molecule has 1 heterocycles. The molecule has 0 unspecified atom stereocenters. The number of carbonyl (C=O) groups excluding carboxylic acids is 1. The maximum Gasteiger partial charge on any atom is 0.240 e. The van der Waals surface area contributed by atoms with E-state index in [1.807, 2.05) is 36.1 Å². The van der Waals surface area contributed by atoms with Crippen molar-refractivity contribution in [3.05, 3.63) is 36.0 Å². The largest absolute Gasteiger partial charge is 0.495 e. The molecule has 7 heteroatoms. The van der Waals surface area contributed by atoms with E-state index >= 15 is 0 Å². The number of nitrogens with zero attached hydrogens (tertiary/aromatic N) is 3. The second-order valence-electron chi connectivity index (χ2n) is 6.25. The van der Waals surface area contributed by atoms with Gasteiger partial charge in [0.25, 0.3) is 0 Å². The molecule has 1 amide bonds. The van der Waals surface area contributed by atoms with Gasteiger partial charge in [0.1, 0.15) is 5.75 Å². The number of hydrogen-bond donors (Lipinski definition) is 1. The molecular formula is C18H26N4O3. The molecule has 2 rings (SSSR count). The molecule has 0 radical (unpaired) electrons. The van der Waals surface area contributed by atoms with Crippen molar-refractivity contribution in [3.8, 4) is 5.75 Å². The number of para-hydroxylation sites is 2. The Morgan fingerprint density at radius 3 is 2.80 bits per heavy atom. The molecular weight excluding hydrogens is 320 g/mol. The Balaban J connectivity index is 1.92. The maximum absolute atomic E-state index is 12.3. The van der Waals surface area contributed by atoms with E-state index in [1.165, 1.54) is 0 Å². The van der Waals surface area contributed by atoms with Gasteiger partial charge in [-0.1, -0.05) is 38.1 Å². The van der Waals surface area contributed by atoms with Gasteiger partial charge in [-0.3, -0.25) is 9.69 Å².